The van der Waals surface area contributed by atoms with Crippen molar-refractivity contribution in [3.05, 3.63) is 0 Å². The summed E-state index contributed by atoms with van der Waals surface area (Å²) >= 11 is 1.95. The predicted octanol–water partition coefficient (Wildman–Crippen LogP) is -0.930. The van der Waals surface area contributed by atoms with Gasteiger partial charge < -0.3 is 0 Å². The van der Waals surface area contributed by atoms with Gasteiger partial charge in [0.2, 0.25) is 0 Å². The highest BCUT2D eigenvalue weighted by Crippen LogP contribution is 1.51. The fourth-order valence-electron chi connectivity index (χ4n) is 0.0861. The summed E-state index contributed by atoms with van der Waals surface area (Å²) in [6.07, 6.45) is 0. The molecule has 38 valence electrons. The van der Waals surface area contributed by atoms with Gasteiger partial charge in [-0.15, -0.1) is 0 Å². The Kier molecular flexibility index (Phi) is 6.10. The van der Waals surface area contributed by atoms with Gasteiger partial charge >= 0.3 is 0 Å². The molecule has 0 aliphatic rings. The number of halogens is 1. The van der Waals surface area contributed by atoms with E-state index in [0.717, 1.165) is 0 Å². The second-order valence-corrected chi connectivity index (χ2v) is 1.13. The van der Waals surface area contributed by atoms with Gasteiger partial charge in [-0.05, 0) is 7.05 Å². The Morgan fingerprint density at radius 3 is 2.17 bits per heavy atom. The molecule has 0 fully saturated rings. The van der Waals surface area contributed by atoms with Crippen molar-refractivity contribution in [3.63, 3.8) is 0 Å². The predicted molar refractivity (Wildman–Crippen MR) is 32.5 cm³/mol. The van der Waals surface area contributed by atoms with Gasteiger partial charge in [-0.25, -0.2) is 5.43 Å². The van der Waals surface area contributed by atoms with Gasteiger partial charge in [0.1, 0.15) is 0 Å². The zero-order valence-corrected chi connectivity index (χ0v) is 5.54. The Labute approximate surface area is 50.5 Å². The molecular weight excluding hydrogens is 195 g/mol. The van der Waals surface area contributed by atoms with Gasteiger partial charge in [0.25, 0.3) is 0 Å². The van der Waals surface area contributed by atoms with Crippen molar-refractivity contribution >= 4 is 22.9 Å². The lowest BCUT2D eigenvalue weighted by molar-refractivity contribution is 0.469. The maximum atomic E-state index is 2.64. The molecule has 0 atom stereocenters. The minimum atomic E-state index is 1.76. The van der Waals surface area contributed by atoms with Crippen LogP contribution in [0.2, 0.25) is 0 Å². The molecule has 0 unspecified atom stereocenters. The zero-order valence-electron chi connectivity index (χ0n) is 3.38. The molecule has 0 saturated carbocycles. The molecule has 0 amide bonds. The Balaban J connectivity index is 2.34. The lowest BCUT2D eigenvalue weighted by atomic mass is 11.5. The smallest absolute Gasteiger partial charge is 0.0347 e. The molecule has 0 bridgehead atoms. The average molecular weight is 202 g/mol. The first kappa shape index (κ1) is 6.57. The van der Waals surface area contributed by atoms with Crippen LogP contribution in [0.4, 0.5) is 0 Å². The van der Waals surface area contributed by atoms with Crippen LogP contribution in [0.5, 0.6) is 0 Å². The van der Waals surface area contributed by atoms with E-state index in [2.05, 4.69) is 20.1 Å². The van der Waals surface area contributed by atoms with Crippen molar-refractivity contribution in [1.29, 1.82) is 0 Å². The molecule has 4 nitrogen and oxygen atoms in total. The monoisotopic (exact) mass is 202 g/mol. The van der Waals surface area contributed by atoms with E-state index in [9.17, 15) is 0 Å². The van der Waals surface area contributed by atoms with Gasteiger partial charge in [0.05, 0.1) is 0 Å². The van der Waals surface area contributed by atoms with E-state index in [1.165, 1.54) is 0 Å². The summed E-state index contributed by atoms with van der Waals surface area (Å²) in [5.41, 5.74) is 7.79. The molecule has 0 aromatic carbocycles. The van der Waals surface area contributed by atoms with Gasteiger partial charge in [-0.3, -0.25) is 0 Å². The maximum Gasteiger partial charge on any atom is 0.0347 e. The third kappa shape index (κ3) is 4.57. The summed E-state index contributed by atoms with van der Waals surface area (Å²) in [7, 11) is 1.76. The second kappa shape index (κ2) is 5.57. The highest BCUT2D eigenvalue weighted by atomic mass is 127. The van der Waals surface area contributed by atoms with Crippen molar-refractivity contribution in [2.75, 3.05) is 7.05 Å². The first-order chi connectivity index (χ1) is 2.91. The summed E-state index contributed by atoms with van der Waals surface area (Å²) in [5, 5.41) is 0. The first-order valence-electron chi connectivity index (χ1n) is 1.44. The summed E-state index contributed by atoms with van der Waals surface area (Å²) < 4.78 is 2.62. The van der Waals surface area contributed by atoms with Crippen LogP contribution in [-0.2, 0) is 0 Å². The highest BCUT2D eigenvalue weighted by molar-refractivity contribution is 14.1. The number of hydrazine groups is 3. The summed E-state index contributed by atoms with van der Waals surface area (Å²) in [6, 6.07) is 0. The lowest BCUT2D eigenvalue weighted by Crippen LogP contribution is -2.45. The van der Waals surface area contributed by atoms with Crippen molar-refractivity contribution in [1.82, 2.24) is 20.1 Å². The standard InChI is InChI=1S/CH7IN4/c1-3-5-6-4-2/h3-6H,1H3. The van der Waals surface area contributed by atoms with Gasteiger partial charge in [0.15, 0.2) is 0 Å². The quantitative estimate of drug-likeness (QED) is 0.207. The minimum absolute atomic E-state index is 1.76. The van der Waals surface area contributed by atoms with Crippen LogP contribution in [0.3, 0.4) is 0 Å². The molecule has 0 spiro atoms. The third-order valence-corrected chi connectivity index (χ3v) is 0.504. The Hall–Kier alpha value is 0.570. The van der Waals surface area contributed by atoms with Gasteiger partial charge in [0, 0.05) is 22.9 Å². The molecule has 0 rings (SSSR count). The summed E-state index contributed by atoms with van der Waals surface area (Å²) in [6.45, 7) is 0. The molecule has 6 heavy (non-hydrogen) atoms. The van der Waals surface area contributed by atoms with E-state index in [-0.39, 0.29) is 0 Å². The molecule has 0 aliphatic carbocycles. The van der Waals surface area contributed by atoms with Crippen LogP contribution >= 0.6 is 22.9 Å². The molecule has 0 radical (unpaired) electrons. The summed E-state index contributed by atoms with van der Waals surface area (Å²) in [5.74, 6) is 0. The minimum Gasteiger partial charge on any atom is -0.246 e. The van der Waals surface area contributed by atoms with Crippen molar-refractivity contribution in [2.45, 2.75) is 0 Å². The van der Waals surface area contributed by atoms with Gasteiger partial charge in [-0.2, -0.15) is 14.7 Å². The number of hydrogen-bond donors (Lipinski definition) is 4. The molecule has 5 heteroatoms. The first-order valence-corrected chi connectivity index (χ1v) is 2.52. The Bertz CT molecular complexity index is 19.5. The van der Waals surface area contributed by atoms with E-state index in [0.29, 0.717) is 0 Å². The van der Waals surface area contributed by atoms with Crippen LogP contribution in [0.1, 0.15) is 0 Å². The molecule has 0 aromatic heterocycles. The molecule has 0 aliphatic heterocycles. The molecule has 0 heterocycles. The average Bonchev–Trinajstić information content (AvgIpc) is 1.61. The van der Waals surface area contributed by atoms with Crippen LogP contribution in [0.25, 0.3) is 0 Å². The highest BCUT2D eigenvalue weighted by Gasteiger charge is 1.64. The van der Waals surface area contributed by atoms with E-state index >= 15 is 0 Å². The molecule has 4 N–H and O–H groups in total. The topological polar surface area (TPSA) is 48.1 Å². The lowest BCUT2D eigenvalue weighted by Gasteiger charge is -1.97. The largest absolute Gasteiger partial charge is 0.246 e. The van der Waals surface area contributed by atoms with E-state index in [1.807, 2.05) is 22.9 Å². The van der Waals surface area contributed by atoms with Crippen LogP contribution in [0.15, 0.2) is 0 Å². The molecule has 0 saturated heterocycles. The number of hydrogen-bond acceptors (Lipinski definition) is 4. The number of nitrogens with one attached hydrogen (secondary N) is 4. The van der Waals surface area contributed by atoms with Crippen molar-refractivity contribution in [3.8, 4) is 0 Å². The Morgan fingerprint density at radius 2 is 2.00 bits per heavy atom. The van der Waals surface area contributed by atoms with Crippen LogP contribution in [-0.4, -0.2) is 7.05 Å². The Morgan fingerprint density at radius 1 is 1.33 bits per heavy atom. The normalized spacial score (nSPS) is 9.00. The van der Waals surface area contributed by atoms with E-state index < -0.39 is 0 Å². The third-order valence-electron chi connectivity index (χ3n) is 0.235. The van der Waals surface area contributed by atoms with Crippen molar-refractivity contribution in [2.24, 2.45) is 0 Å². The SMILES string of the molecule is CNNNNI. The molecule has 0 aromatic rings. The summed E-state index contributed by atoms with van der Waals surface area (Å²) in [4.78, 5) is 0. The van der Waals surface area contributed by atoms with Crippen molar-refractivity contribution < 1.29 is 0 Å². The van der Waals surface area contributed by atoms with Gasteiger partial charge in [-0.1, -0.05) is 0 Å². The number of rotatable bonds is 3. The zero-order chi connectivity index (χ0) is 4.83. The maximum absolute atomic E-state index is 2.64. The van der Waals surface area contributed by atoms with E-state index in [1.54, 1.807) is 7.05 Å². The fourth-order valence-corrected chi connectivity index (χ4v) is 0.221. The van der Waals surface area contributed by atoms with Crippen LogP contribution < -0.4 is 20.1 Å². The molecular formula is CH7IN4. The fraction of sp³-hybridized carbons (Fsp3) is 1.00. The second-order valence-electron chi connectivity index (χ2n) is 0.594. The van der Waals surface area contributed by atoms with E-state index in [4.69, 9.17) is 0 Å². The van der Waals surface area contributed by atoms with Crippen LogP contribution in [0, 0.1) is 0 Å².